The van der Waals surface area contributed by atoms with E-state index in [-0.39, 0.29) is 42.4 Å². The van der Waals surface area contributed by atoms with Crippen LogP contribution in [0.15, 0.2) is 17.1 Å². The lowest BCUT2D eigenvalue weighted by Gasteiger charge is -2.45. The molecule has 2 heterocycles. The maximum Gasteiger partial charge on any atom is 0.276 e. The summed E-state index contributed by atoms with van der Waals surface area (Å²) in [6.45, 7) is 1.78. The molecule has 26 heavy (non-hydrogen) atoms. The van der Waals surface area contributed by atoms with Crippen LogP contribution in [0.25, 0.3) is 5.65 Å². The van der Waals surface area contributed by atoms with Gasteiger partial charge in [-0.05, 0) is 44.4 Å². The molecule has 4 rings (SSSR count). The van der Waals surface area contributed by atoms with Crippen molar-refractivity contribution in [1.82, 2.24) is 19.9 Å². The number of aryl methyl sites for hydroxylation is 1. The maximum atomic E-state index is 12.6. The van der Waals surface area contributed by atoms with E-state index in [4.69, 9.17) is 5.73 Å². The van der Waals surface area contributed by atoms with Crippen molar-refractivity contribution in [2.24, 2.45) is 17.6 Å². The van der Waals surface area contributed by atoms with Crippen molar-refractivity contribution in [2.45, 2.75) is 57.5 Å². The van der Waals surface area contributed by atoms with Crippen LogP contribution in [0.1, 0.15) is 43.4 Å². The highest BCUT2D eigenvalue weighted by atomic mass is 35.5. The number of halogens is 1. The molecule has 2 atom stereocenters. The fourth-order valence-corrected chi connectivity index (χ4v) is 4.73. The van der Waals surface area contributed by atoms with Crippen LogP contribution in [0, 0.1) is 18.8 Å². The third kappa shape index (κ3) is 3.38. The minimum absolute atomic E-state index is 0. The third-order valence-electron chi connectivity index (χ3n) is 5.89. The summed E-state index contributed by atoms with van der Waals surface area (Å²) in [6.07, 6.45) is 7.20. The van der Waals surface area contributed by atoms with Crippen molar-refractivity contribution in [3.05, 3.63) is 33.9 Å². The van der Waals surface area contributed by atoms with E-state index in [0.717, 1.165) is 25.7 Å². The Morgan fingerprint density at radius 2 is 2.08 bits per heavy atom. The Morgan fingerprint density at radius 3 is 2.77 bits per heavy atom. The number of nitrogens with zero attached hydrogens (tertiary/aromatic N) is 2. The number of amides is 1. The van der Waals surface area contributed by atoms with Gasteiger partial charge in [0.2, 0.25) is 5.91 Å². The van der Waals surface area contributed by atoms with Crippen molar-refractivity contribution in [3.63, 3.8) is 0 Å². The van der Waals surface area contributed by atoms with E-state index in [0.29, 0.717) is 28.7 Å². The quantitative estimate of drug-likeness (QED) is 0.747. The molecule has 2 aromatic rings. The first-order chi connectivity index (χ1) is 12.0. The van der Waals surface area contributed by atoms with Gasteiger partial charge in [-0.25, -0.2) is 9.50 Å². The van der Waals surface area contributed by atoms with Gasteiger partial charge in [-0.3, -0.25) is 14.7 Å². The molecule has 2 unspecified atom stereocenters. The zero-order chi connectivity index (χ0) is 17.6. The largest absolute Gasteiger partial charge is 0.353 e. The van der Waals surface area contributed by atoms with Crippen LogP contribution in [-0.2, 0) is 11.2 Å². The summed E-state index contributed by atoms with van der Waals surface area (Å²) in [4.78, 5) is 29.6. The lowest BCUT2D eigenvalue weighted by molar-refractivity contribution is -0.122. The van der Waals surface area contributed by atoms with Crippen molar-refractivity contribution >= 4 is 24.0 Å². The zero-order valence-corrected chi connectivity index (χ0v) is 15.7. The molecule has 0 radical (unpaired) electrons. The number of fused-ring (bicyclic) bond motifs is 3. The highest BCUT2D eigenvalue weighted by molar-refractivity contribution is 5.85. The summed E-state index contributed by atoms with van der Waals surface area (Å²) in [5.74, 6) is 0.848. The number of hydrogen-bond donors (Lipinski definition) is 3. The van der Waals surface area contributed by atoms with E-state index < -0.39 is 0 Å². The van der Waals surface area contributed by atoms with Gasteiger partial charge in [0.1, 0.15) is 0 Å². The SMILES string of the molecule is Cc1nc2cc[nH]n2c(=O)c1CC(=O)NC1C2CCCC1CC(N)C2.Cl. The van der Waals surface area contributed by atoms with Gasteiger partial charge in [0.15, 0.2) is 5.65 Å². The highest BCUT2D eigenvalue weighted by Crippen LogP contribution is 2.39. The first-order valence-electron chi connectivity index (χ1n) is 9.13. The highest BCUT2D eigenvalue weighted by Gasteiger charge is 2.39. The second-order valence-corrected chi connectivity index (χ2v) is 7.59. The first kappa shape index (κ1) is 18.9. The average molecular weight is 380 g/mol. The third-order valence-corrected chi connectivity index (χ3v) is 5.89. The molecule has 2 fully saturated rings. The second-order valence-electron chi connectivity index (χ2n) is 7.59. The van der Waals surface area contributed by atoms with E-state index in [1.54, 1.807) is 19.2 Å². The van der Waals surface area contributed by atoms with Gasteiger partial charge < -0.3 is 11.1 Å². The van der Waals surface area contributed by atoms with Crippen molar-refractivity contribution in [1.29, 1.82) is 0 Å². The van der Waals surface area contributed by atoms with E-state index in [9.17, 15) is 9.59 Å². The number of nitrogens with one attached hydrogen (secondary N) is 2. The molecule has 1 amide bonds. The molecule has 0 aliphatic heterocycles. The van der Waals surface area contributed by atoms with Crippen LogP contribution >= 0.6 is 12.4 Å². The number of H-pyrrole nitrogens is 1. The number of hydrogen-bond acceptors (Lipinski definition) is 4. The number of carbonyl (C=O) groups is 1. The van der Waals surface area contributed by atoms with Gasteiger partial charge in [0.05, 0.1) is 6.42 Å². The molecule has 142 valence electrons. The molecule has 0 spiro atoms. The van der Waals surface area contributed by atoms with Gasteiger partial charge >= 0.3 is 0 Å². The first-order valence-corrected chi connectivity index (χ1v) is 9.13. The van der Waals surface area contributed by atoms with Crippen LogP contribution in [0.4, 0.5) is 0 Å². The maximum absolute atomic E-state index is 12.6. The van der Waals surface area contributed by atoms with E-state index in [1.165, 1.54) is 10.9 Å². The van der Waals surface area contributed by atoms with Gasteiger partial charge in [-0.15, -0.1) is 12.4 Å². The summed E-state index contributed by atoms with van der Waals surface area (Å²) in [5.41, 5.74) is 7.60. The Kier molecular flexibility index (Phi) is 5.39. The number of carbonyl (C=O) groups excluding carboxylic acids is 1. The molecule has 2 aliphatic carbocycles. The minimum atomic E-state index is -0.200. The summed E-state index contributed by atoms with van der Waals surface area (Å²) in [6, 6.07) is 2.20. The molecule has 7 nitrogen and oxygen atoms in total. The molecule has 8 heteroatoms. The van der Waals surface area contributed by atoms with E-state index in [2.05, 4.69) is 15.4 Å². The van der Waals surface area contributed by atoms with Crippen LogP contribution in [-0.4, -0.2) is 32.6 Å². The molecule has 2 saturated carbocycles. The summed E-state index contributed by atoms with van der Waals surface area (Å²) in [7, 11) is 0. The average Bonchev–Trinajstić information content (AvgIpc) is 3.00. The molecule has 0 saturated heterocycles. The van der Waals surface area contributed by atoms with Gasteiger partial charge in [0, 0.05) is 35.6 Å². The fraction of sp³-hybridized carbons (Fsp3) is 0.611. The fourth-order valence-electron chi connectivity index (χ4n) is 4.73. The minimum Gasteiger partial charge on any atom is -0.353 e. The summed E-state index contributed by atoms with van der Waals surface area (Å²) >= 11 is 0. The Labute approximate surface area is 158 Å². The Morgan fingerprint density at radius 1 is 1.38 bits per heavy atom. The molecule has 2 aromatic heterocycles. The Bertz CT molecular complexity index is 847. The van der Waals surface area contributed by atoms with Crippen LogP contribution < -0.4 is 16.6 Å². The second kappa shape index (κ2) is 7.40. The number of nitrogens with two attached hydrogens (primary N) is 1. The normalized spacial score (nSPS) is 27.8. The van der Waals surface area contributed by atoms with Crippen LogP contribution in [0.2, 0.25) is 0 Å². The van der Waals surface area contributed by atoms with Crippen molar-refractivity contribution in [2.75, 3.05) is 0 Å². The van der Waals surface area contributed by atoms with Gasteiger partial charge in [-0.2, -0.15) is 0 Å². The predicted molar refractivity (Wildman–Crippen MR) is 101 cm³/mol. The number of aromatic nitrogens is 3. The summed E-state index contributed by atoms with van der Waals surface area (Å²) in [5, 5.41) is 6.05. The molecular formula is C18H26ClN5O2. The Hall–Kier alpha value is -1.86. The van der Waals surface area contributed by atoms with Crippen LogP contribution in [0.5, 0.6) is 0 Å². The van der Waals surface area contributed by atoms with Gasteiger partial charge in [0.25, 0.3) is 5.56 Å². The predicted octanol–water partition coefficient (Wildman–Crippen LogP) is 1.32. The molecular weight excluding hydrogens is 354 g/mol. The standard InChI is InChI=1S/C18H25N5O2.ClH/c1-10-14(18(25)23-15(21-10)5-6-20-23)9-16(24)22-17-11-3-2-4-12(17)8-13(19)7-11;/h5-6,11-13,17,20H,2-4,7-9,19H2,1H3,(H,22,24);1H. The molecule has 2 aliphatic rings. The summed E-state index contributed by atoms with van der Waals surface area (Å²) < 4.78 is 1.38. The van der Waals surface area contributed by atoms with Gasteiger partial charge in [-0.1, -0.05) is 6.42 Å². The lowest BCUT2D eigenvalue weighted by atomic mass is 9.67. The Balaban J connectivity index is 0.00000196. The zero-order valence-electron chi connectivity index (χ0n) is 14.9. The molecule has 0 aromatic carbocycles. The smallest absolute Gasteiger partial charge is 0.276 e. The topological polar surface area (TPSA) is 105 Å². The van der Waals surface area contributed by atoms with E-state index >= 15 is 0 Å². The van der Waals surface area contributed by atoms with E-state index in [1.807, 2.05) is 0 Å². The number of rotatable bonds is 3. The molecule has 4 N–H and O–H groups in total. The molecule has 2 bridgehead atoms. The van der Waals surface area contributed by atoms with Crippen LogP contribution in [0.3, 0.4) is 0 Å². The monoisotopic (exact) mass is 379 g/mol. The number of aromatic amines is 1. The lowest BCUT2D eigenvalue weighted by Crippen LogP contribution is -2.54. The van der Waals surface area contributed by atoms with Crippen molar-refractivity contribution in [3.8, 4) is 0 Å². The van der Waals surface area contributed by atoms with Crippen molar-refractivity contribution < 1.29 is 4.79 Å².